The number of nitrogens with two attached hydrogens (primary N) is 1. The van der Waals surface area contributed by atoms with Crippen molar-refractivity contribution in [2.45, 2.75) is 32.0 Å². The molecule has 0 aliphatic heterocycles. The molecule has 1 unspecified atom stereocenters. The molecule has 12 nitrogen and oxygen atoms in total. The predicted molar refractivity (Wildman–Crippen MR) is 123 cm³/mol. The zero-order valence-corrected chi connectivity index (χ0v) is 18.3. The number of nitrogens with one attached hydrogen (secondary N) is 2. The zero-order chi connectivity index (χ0) is 24.1. The van der Waals surface area contributed by atoms with E-state index in [1.54, 1.807) is 19.1 Å². The molecule has 2 atom stereocenters. The van der Waals surface area contributed by atoms with Gasteiger partial charge in [0.2, 0.25) is 11.7 Å². The second kappa shape index (κ2) is 10.1. The zero-order valence-electron chi connectivity index (χ0n) is 18.3. The molecule has 1 amide bonds. The van der Waals surface area contributed by atoms with Crippen molar-refractivity contribution in [1.82, 2.24) is 24.8 Å². The summed E-state index contributed by atoms with van der Waals surface area (Å²) in [4.78, 5) is 20.6. The number of fused-ring (bicyclic) bond motifs is 1. The third-order valence-electron chi connectivity index (χ3n) is 5.08. The summed E-state index contributed by atoms with van der Waals surface area (Å²) < 4.78 is 6.74. The number of carbonyl (C=O) groups is 1. The van der Waals surface area contributed by atoms with Gasteiger partial charge in [0.05, 0.1) is 42.2 Å². The van der Waals surface area contributed by atoms with Crippen molar-refractivity contribution in [3.8, 4) is 17.6 Å². The summed E-state index contributed by atoms with van der Waals surface area (Å²) in [5.74, 6) is 0.802. The van der Waals surface area contributed by atoms with Crippen LogP contribution in [-0.2, 0) is 11.3 Å². The summed E-state index contributed by atoms with van der Waals surface area (Å²) in [6.45, 7) is 2.10. The molecule has 0 saturated heterocycles. The molecule has 3 aromatic heterocycles. The highest BCUT2D eigenvalue weighted by atomic mass is 16.6. The molecular formula is C22H23N9O3. The Bertz CT molecular complexity index is 1320. The number of benzene rings is 1. The lowest BCUT2D eigenvalue weighted by molar-refractivity contribution is -0.117. The molecule has 3 heterocycles. The normalized spacial score (nSPS) is 12.8. The number of imidazole rings is 1. The Morgan fingerprint density at radius 3 is 2.85 bits per heavy atom. The van der Waals surface area contributed by atoms with Gasteiger partial charge in [-0.3, -0.25) is 4.79 Å². The van der Waals surface area contributed by atoms with Gasteiger partial charge in [-0.05, 0) is 35.4 Å². The molecule has 1 aromatic carbocycles. The molecule has 34 heavy (non-hydrogen) atoms. The lowest BCUT2D eigenvalue weighted by atomic mass is 10.1. The van der Waals surface area contributed by atoms with Crippen molar-refractivity contribution in [2.24, 2.45) is 5.73 Å². The van der Waals surface area contributed by atoms with Crippen molar-refractivity contribution in [3.63, 3.8) is 0 Å². The number of pyridine rings is 1. The number of rotatable bonds is 9. The van der Waals surface area contributed by atoms with Crippen LogP contribution < -0.4 is 16.4 Å². The lowest BCUT2D eigenvalue weighted by Gasteiger charge is -2.15. The number of nitriles is 1. The van der Waals surface area contributed by atoms with Crippen LogP contribution in [0.1, 0.15) is 25.0 Å². The van der Waals surface area contributed by atoms with Crippen molar-refractivity contribution >= 4 is 28.6 Å². The first-order valence-corrected chi connectivity index (χ1v) is 10.6. The number of hydrogen-bond acceptors (Lipinski definition) is 10. The average molecular weight is 461 g/mol. The van der Waals surface area contributed by atoms with Crippen LogP contribution in [0, 0.1) is 11.3 Å². The van der Waals surface area contributed by atoms with Crippen LogP contribution in [0.3, 0.4) is 0 Å². The van der Waals surface area contributed by atoms with Crippen LogP contribution in [0.4, 0.5) is 11.6 Å². The number of aliphatic hydroxyl groups is 1. The predicted octanol–water partition coefficient (Wildman–Crippen LogP) is 1.83. The Hall–Kier alpha value is -4.34. The summed E-state index contributed by atoms with van der Waals surface area (Å²) >= 11 is 0. The molecule has 4 rings (SSSR count). The maximum absolute atomic E-state index is 11.8. The van der Waals surface area contributed by atoms with Gasteiger partial charge in [0, 0.05) is 18.3 Å². The summed E-state index contributed by atoms with van der Waals surface area (Å²) in [6.07, 6.45) is 0.846. The molecule has 0 aliphatic carbocycles. The van der Waals surface area contributed by atoms with Gasteiger partial charge in [-0.15, -0.1) is 0 Å². The third-order valence-corrected chi connectivity index (χ3v) is 5.08. The average Bonchev–Trinajstić information content (AvgIpc) is 3.44. The Morgan fingerprint density at radius 2 is 2.12 bits per heavy atom. The van der Waals surface area contributed by atoms with Gasteiger partial charge in [0.25, 0.3) is 0 Å². The summed E-state index contributed by atoms with van der Waals surface area (Å²) in [5, 5.41) is 33.3. The molecule has 0 fully saturated rings. The largest absolute Gasteiger partial charge is 0.386 e. The second-order valence-corrected chi connectivity index (χ2v) is 7.60. The van der Waals surface area contributed by atoms with E-state index in [0.29, 0.717) is 40.8 Å². The number of carbonyl (C=O) groups excluding carboxylic acids is 1. The first kappa shape index (κ1) is 22.8. The van der Waals surface area contributed by atoms with Crippen molar-refractivity contribution in [2.75, 3.05) is 17.2 Å². The number of hydrogen-bond donors (Lipinski definition) is 4. The smallest absolute Gasteiger partial charge is 0.242 e. The third kappa shape index (κ3) is 4.85. The Balaban J connectivity index is 1.62. The fourth-order valence-corrected chi connectivity index (χ4v) is 3.32. The number of aromatic nitrogens is 5. The van der Waals surface area contributed by atoms with Crippen LogP contribution >= 0.6 is 0 Å². The first-order valence-electron chi connectivity index (χ1n) is 10.6. The van der Waals surface area contributed by atoms with E-state index in [4.69, 9.17) is 15.6 Å². The van der Waals surface area contributed by atoms with Crippen LogP contribution in [-0.4, -0.2) is 48.4 Å². The van der Waals surface area contributed by atoms with Crippen LogP contribution in [0.25, 0.3) is 22.6 Å². The first-order chi connectivity index (χ1) is 16.5. The van der Waals surface area contributed by atoms with Crippen molar-refractivity contribution in [3.05, 3.63) is 48.2 Å². The maximum atomic E-state index is 11.8. The Morgan fingerprint density at radius 1 is 1.29 bits per heavy atom. The second-order valence-electron chi connectivity index (χ2n) is 7.60. The molecule has 4 aromatic rings. The van der Waals surface area contributed by atoms with E-state index in [2.05, 4.69) is 37.0 Å². The van der Waals surface area contributed by atoms with Gasteiger partial charge in [0.1, 0.15) is 5.82 Å². The van der Waals surface area contributed by atoms with Crippen LogP contribution in [0.5, 0.6) is 0 Å². The lowest BCUT2D eigenvalue weighted by Crippen LogP contribution is -2.32. The molecular weight excluding hydrogens is 438 g/mol. The number of para-hydroxylation sites is 2. The number of aliphatic hydroxyl groups excluding tert-OH is 1. The molecule has 12 heteroatoms. The van der Waals surface area contributed by atoms with E-state index in [-0.39, 0.29) is 18.9 Å². The fourth-order valence-electron chi connectivity index (χ4n) is 3.32. The van der Waals surface area contributed by atoms with Crippen LogP contribution in [0.15, 0.2) is 47.2 Å². The van der Waals surface area contributed by atoms with Gasteiger partial charge in [0.15, 0.2) is 11.5 Å². The summed E-state index contributed by atoms with van der Waals surface area (Å²) in [7, 11) is 0. The van der Waals surface area contributed by atoms with Gasteiger partial charge < -0.3 is 26.0 Å². The molecule has 0 spiro atoms. The molecule has 0 aliphatic rings. The quantitative estimate of drug-likeness (QED) is 0.268. The Kier molecular flexibility index (Phi) is 6.77. The summed E-state index contributed by atoms with van der Waals surface area (Å²) in [5.41, 5.74) is 7.98. The molecule has 174 valence electrons. The molecule has 0 radical (unpaired) electrons. The van der Waals surface area contributed by atoms with E-state index in [9.17, 15) is 9.90 Å². The fraction of sp³-hybridized carbons (Fsp3) is 0.273. The monoisotopic (exact) mass is 461 g/mol. The Labute approximate surface area is 194 Å². The van der Waals surface area contributed by atoms with E-state index in [1.807, 2.05) is 28.8 Å². The number of nitrogens with zero attached hydrogens (tertiary/aromatic N) is 6. The van der Waals surface area contributed by atoms with Gasteiger partial charge >= 0.3 is 0 Å². The van der Waals surface area contributed by atoms with Crippen molar-refractivity contribution in [1.29, 1.82) is 5.26 Å². The highest BCUT2D eigenvalue weighted by Crippen LogP contribution is 2.30. The van der Waals surface area contributed by atoms with E-state index in [0.717, 1.165) is 5.52 Å². The SMILES string of the molecule is C[C@H](N)C(=O)Nc1ccc(C(O)Cn2c(-c3nonc3NCCC#N)nc3ccccc32)cn1. The van der Waals surface area contributed by atoms with Gasteiger partial charge in [-0.2, -0.15) is 5.26 Å². The topological polar surface area (TPSA) is 181 Å². The van der Waals surface area contributed by atoms with Gasteiger partial charge in [-0.25, -0.2) is 14.6 Å². The van der Waals surface area contributed by atoms with Crippen molar-refractivity contribution < 1.29 is 14.5 Å². The standard InChI is InChI=1S/C22H23N9O3/c1-13(24)22(33)28-18-8-7-14(11-26-18)17(32)12-31-16-6-3-2-5-15(16)27-21(31)19-20(30-34-29-19)25-10-4-9-23/h2-3,5-8,11,13,17,32H,4,10,12,24H2,1H3,(H,25,30)(H,26,28,33)/t13-,17?/m0/s1. The number of amides is 1. The van der Waals surface area contributed by atoms with E-state index < -0.39 is 12.1 Å². The highest BCUT2D eigenvalue weighted by Gasteiger charge is 2.22. The number of anilines is 2. The minimum atomic E-state index is -0.933. The minimum absolute atomic E-state index is 0.146. The molecule has 5 N–H and O–H groups in total. The van der Waals surface area contributed by atoms with E-state index in [1.165, 1.54) is 6.20 Å². The maximum Gasteiger partial charge on any atom is 0.242 e. The van der Waals surface area contributed by atoms with E-state index >= 15 is 0 Å². The highest BCUT2D eigenvalue weighted by molar-refractivity contribution is 5.93. The summed E-state index contributed by atoms with van der Waals surface area (Å²) in [6, 6.07) is 12.2. The minimum Gasteiger partial charge on any atom is -0.386 e. The molecule has 0 saturated carbocycles. The molecule has 0 bridgehead atoms. The van der Waals surface area contributed by atoms with Crippen LogP contribution in [0.2, 0.25) is 0 Å². The van der Waals surface area contributed by atoms with Gasteiger partial charge in [-0.1, -0.05) is 18.2 Å².